The van der Waals surface area contributed by atoms with Gasteiger partial charge in [-0.15, -0.1) is 10.2 Å². The number of carbonyl (C=O) groups is 1. The smallest absolute Gasteiger partial charge is 0.379 e. The Balaban J connectivity index is 1.55. The topological polar surface area (TPSA) is 177 Å². The van der Waals surface area contributed by atoms with Gasteiger partial charge in [-0.2, -0.15) is 9.78 Å². The number of aliphatic hydroxyl groups excluding tert-OH is 1. The van der Waals surface area contributed by atoms with Crippen molar-refractivity contribution in [3.8, 4) is 33.5 Å². The molecule has 0 unspecified atom stereocenters. The third-order valence-electron chi connectivity index (χ3n) is 6.00. The van der Waals surface area contributed by atoms with Crippen LogP contribution in [0.2, 0.25) is 0 Å². The lowest BCUT2D eigenvalue weighted by Gasteiger charge is -2.20. The molecule has 1 aliphatic rings. The molecule has 4 aromatic rings. The molecule has 0 bridgehead atoms. The quantitative estimate of drug-likeness (QED) is 0.299. The molecule has 1 saturated carbocycles. The Bertz CT molecular complexity index is 1510. The Morgan fingerprint density at radius 3 is 2.61 bits per heavy atom. The number of nitrogen functional groups attached to an aromatic ring is 1. The number of benzene rings is 1. The molecule has 0 aliphatic heterocycles. The molecule has 0 spiro atoms. The summed E-state index contributed by atoms with van der Waals surface area (Å²) in [6, 6.07) is 8.05. The van der Waals surface area contributed by atoms with Crippen LogP contribution in [0.1, 0.15) is 29.8 Å². The molecule has 1 aliphatic carbocycles. The summed E-state index contributed by atoms with van der Waals surface area (Å²) in [6.45, 7) is 0. The largest absolute Gasteiger partial charge is 0.496 e. The van der Waals surface area contributed by atoms with E-state index in [1.54, 1.807) is 24.3 Å². The van der Waals surface area contributed by atoms with Gasteiger partial charge in [0.25, 0.3) is 5.91 Å². The van der Waals surface area contributed by atoms with Crippen LogP contribution in [0, 0.1) is 0 Å². The molecule has 13 nitrogen and oxygen atoms in total. The third-order valence-corrected chi connectivity index (χ3v) is 6.82. The molecule has 4 N–H and O–H groups in total. The predicted molar refractivity (Wildman–Crippen MR) is 137 cm³/mol. The van der Waals surface area contributed by atoms with Gasteiger partial charge in [0, 0.05) is 11.6 Å². The van der Waals surface area contributed by atoms with Gasteiger partial charge in [0.2, 0.25) is 16.0 Å². The van der Waals surface area contributed by atoms with Crippen molar-refractivity contribution in [2.75, 3.05) is 25.3 Å². The number of hydrogen-bond acceptors (Lipinski definition) is 12. The van der Waals surface area contributed by atoms with Crippen molar-refractivity contribution in [2.24, 2.45) is 0 Å². The summed E-state index contributed by atoms with van der Waals surface area (Å²) in [5.74, 6) is -0.119. The maximum absolute atomic E-state index is 13.2. The van der Waals surface area contributed by atoms with Crippen molar-refractivity contribution >= 4 is 28.2 Å². The molecule has 0 radical (unpaired) electrons. The fourth-order valence-electron chi connectivity index (χ4n) is 4.19. The van der Waals surface area contributed by atoms with Crippen molar-refractivity contribution in [1.82, 2.24) is 20.0 Å². The van der Waals surface area contributed by atoms with Crippen LogP contribution in [0.15, 0.2) is 45.7 Å². The van der Waals surface area contributed by atoms with Gasteiger partial charge in [-0.25, -0.2) is 4.79 Å². The monoisotopic (exact) mass is 540 g/mol. The first-order chi connectivity index (χ1) is 18.4. The second kappa shape index (κ2) is 10.5. The maximum atomic E-state index is 13.2. The van der Waals surface area contributed by atoms with E-state index in [9.17, 15) is 14.7 Å². The van der Waals surface area contributed by atoms with Gasteiger partial charge in [0.15, 0.2) is 5.76 Å². The van der Waals surface area contributed by atoms with Crippen LogP contribution < -0.4 is 30.9 Å². The number of ether oxygens (including phenoxy) is 3. The van der Waals surface area contributed by atoms with Crippen LogP contribution in [0.5, 0.6) is 17.2 Å². The number of carbonyl (C=O) groups excluding carboxylic acids is 1. The summed E-state index contributed by atoms with van der Waals surface area (Å²) in [5.41, 5.74) is 5.54. The molecule has 14 heteroatoms. The minimum Gasteiger partial charge on any atom is -0.496 e. The van der Waals surface area contributed by atoms with E-state index < -0.39 is 23.7 Å². The molecular weight excluding hydrogens is 516 g/mol. The van der Waals surface area contributed by atoms with Crippen molar-refractivity contribution in [2.45, 2.75) is 31.5 Å². The molecule has 38 heavy (non-hydrogen) atoms. The molecule has 1 aromatic carbocycles. The van der Waals surface area contributed by atoms with E-state index in [0.29, 0.717) is 40.9 Å². The Labute approximate surface area is 219 Å². The van der Waals surface area contributed by atoms with Crippen LogP contribution in [-0.2, 0) is 0 Å². The highest BCUT2D eigenvalue weighted by Crippen LogP contribution is 2.43. The molecule has 1 amide bonds. The Hall–Kier alpha value is -4.43. The summed E-state index contributed by atoms with van der Waals surface area (Å²) >= 11 is 1.02. The number of hydrogen-bond donors (Lipinski definition) is 3. The Kier molecular flexibility index (Phi) is 6.98. The summed E-state index contributed by atoms with van der Waals surface area (Å²) in [5, 5.41) is 25.3. The van der Waals surface area contributed by atoms with Gasteiger partial charge in [-0.1, -0.05) is 17.4 Å². The van der Waals surface area contributed by atoms with Crippen molar-refractivity contribution in [3.05, 3.63) is 52.7 Å². The van der Waals surface area contributed by atoms with Crippen LogP contribution in [0.4, 0.5) is 10.9 Å². The molecule has 3 aromatic heterocycles. The van der Waals surface area contributed by atoms with E-state index in [1.165, 1.54) is 31.2 Å². The van der Waals surface area contributed by atoms with Gasteiger partial charge in [-0.3, -0.25) is 10.1 Å². The third kappa shape index (κ3) is 4.78. The summed E-state index contributed by atoms with van der Waals surface area (Å²) in [7, 11) is 2.94. The lowest BCUT2D eigenvalue weighted by Crippen LogP contribution is -2.28. The fourth-order valence-corrected chi connectivity index (χ4v) is 4.91. The van der Waals surface area contributed by atoms with Crippen LogP contribution in [-0.4, -0.2) is 57.4 Å². The maximum Gasteiger partial charge on any atom is 0.379 e. The van der Waals surface area contributed by atoms with Crippen LogP contribution in [0.25, 0.3) is 16.3 Å². The predicted octanol–water partition coefficient (Wildman–Crippen LogP) is 2.49. The highest BCUT2D eigenvalue weighted by Gasteiger charge is 2.31. The fraction of sp³-hybridized carbons (Fsp3) is 0.292. The second-order valence-electron chi connectivity index (χ2n) is 8.34. The van der Waals surface area contributed by atoms with E-state index in [4.69, 9.17) is 24.4 Å². The van der Waals surface area contributed by atoms with Gasteiger partial charge >= 0.3 is 5.63 Å². The average Bonchev–Trinajstić information content (AvgIpc) is 3.66. The standard InChI is InChI=1S/C24H24N6O7S/c1-34-15-7-4-8-16(35-2)19(15)12-11-17(37-22(33)20(12)36-14-6-3-5-13(14)31)21(32)27-23-28-29-24(38-23)30-18(25)9-10-26-30/h4,7-11,13-14,31H,3,5-6,25H2,1-2H3,(H,27,28,32)/t13-,14-/m0/s1. The van der Waals surface area contributed by atoms with E-state index in [1.807, 2.05) is 0 Å². The Morgan fingerprint density at radius 2 is 1.97 bits per heavy atom. The SMILES string of the molecule is COc1cccc(OC)c1-c1cc(C(=O)Nc2nnc(-n3nccc3N)s2)oc(=O)c1O[C@H]1CCC[C@@H]1O. The molecule has 2 atom stereocenters. The first kappa shape index (κ1) is 25.2. The zero-order chi connectivity index (χ0) is 26.8. The number of anilines is 2. The molecule has 3 heterocycles. The molecule has 198 valence electrons. The number of rotatable bonds is 8. The van der Waals surface area contributed by atoms with Crippen molar-refractivity contribution in [3.63, 3.8) is 0 Å². The molecule has 0 saturated heterocycles. The normalized spacial score (nSPS) is 16.8. The number of nitrogens with two attached hydrogens (primary N) is 1. The first-order valence-electron chi connectivity index (χ1n) is 11.6. The van der Waals surface area contributed by atoms with Crippen molar-refractivity contribution in [1.29, 1.82) is 0 Å². The number of aliphatic hydroxyl groups is 1. The number of methoxy groups -OCH3 is 2. The van der Waals surface area contributed by atoms with E-state index in [2.05, 4.69) is 20.6 Å². The highest BCUT2D eigenvalue weighted by atomic mass is 32.1. The number of amides is 1. The summed E-state index contributed by atoms with van der Waals surface area (Å²) < 4.78 is 23.7. The van der Waals surface area contributed by atoms with E-state index in [0.717, 1.165) is 17.8 Å². The van der Waals surface area contributed by atoms with Gasteiger partial charge in [0.05, 0.1) is 32.1 Å². The molecule has 1 fully saturated rings. The van der Waals surface area contributed by atoms with Crippen LogP contribution in [0.3, 0.4) is 0 Å². The highest BCUT2D eigenvalue weighted by molar-refractivity contribution is 7.17. The van der Waals surface area contributed by atoms with Gasteiger partial charge < -0.3 is 29.5 Å². The number of nitrogens with one attached hydrogen (secondary N) is 1. The van der Waals surface area contributed by atoms with E-state index in [-0.39, 0.29) is 22.2 Å². The Morgan fingerprint density at radius 1 is 1.21 bits per heavy atom. The lowest BCUT2D eigenvalue weighted by atomic mass is 10.0. The summed E-state index contributed by atoms with van der Waals surface area (Å²) in [4.78, 5) is 26.3. The lowest BCUT2D eigenvalue weighted by molar-refractivity contribution is 0.0580. The zero-order valence-electron chi connectivity index (χ0n) is 20.4. The van der Waals surface area contributed by atoms with Gasteiger partial charge in [-0.05, 0) is 37.5 Å². The minimum absolute atomic E-state index is 0.133. The van der Waals surface area contributed by atoms with Crippen molar-refractivity contribution < 1.29 is 28.5 Å². The number of nitrogens with zero attached hydrogens (tertiary/aromatic N) is 4. The minimum atomic E-state index is -0.901. The summed E-state index contributed by atoms with van der Waals surface area (Å²) in [6.07, 6.45) is 2.03. The van der Waals surface area contributed by atoms with Gasteiger partial charge in [0.1, 0.15) is 23.4 Å². The molecular formula is C24H24N6O7S. The zero-order valence-corrected chi connectivity index (χ0v) is 21.2. The second-order valence-corrected chi connectivity index (χ2v) is 9.30. The first-order valence-corrected chi connectivity index (χ1v) is 12.4. The average molecular weight is 541 g/mol. The van der Waals surface area contributed by atoms with Crippen LogP contribution >= 0.6 is 11.3 Å². The molecule has 5 rings (SSSR count). The number of aromatic nitrogens is 4. The van der Waals surface area contributed by atoms with E-state index >= 15 is 0 Å².